The number of likely N-dealkylation sites (tertiary alicyclic amines) is 1. The molecule has 0 bridgehead atoms. The Kier molecular flexibility index (Phi) is 6.68. The van der Waals surface area contributed by atoms with Crippen LogP contribution in [0, 0.1) is 11.7 Å². The fraction of sp³-hybridized carbons (Fsp3) is 0.375. The number of para-hydroxylation sites is 3. The Hall–Kier alpha value is -3.42. The lowest BCUT2D eigenvalue weighted by Crippen LogP contribution is -2.42. The normalized spacial score (nSPS) is 17.7. The predicted molar refractivity (Wildman–Crippen MR) is 118 cm³/mol. The zero-order valence-electron chi connectivity index (χ0n) is 17.8. The molecule has 4 rings (SSSR count). The Labute approximate surface area is 186 Å². The van der Waals surface area contributed by atoms with E-state index in [0.29, 0.717) is 37.0 Å². The number of ether oxygens (including phenoxy) is 1. The molecule has 3 amide bonds. The van der Waals surface area contributed by atoms with Crippen LogP contribution in [0.15, 0.2) is 48.5 Å². The van der Waals surface area contributed by atoms with Gasteiger partial charge in [-0.25, -0.2) is 4.39 Å². The third-order valence-electron chi connectivity index (χ3n) is 5.88. The van der Waals surface area contributed by atoms with Gasteiger partial charge in [-0.3, -0.25) is 14.4 Å². The van der Waals surface area contributed by atoms with Crippen molar-refractivity contribution in [3.63, 3.8) is 0 Å². The lowest BCUT2D eigenvalue weighted by Gasteiger charge is -2.29. The molecule has 32 heavy (non-hydrogen) atoms. The van der Waals surface area contributed by atoms with Crippen LogP contribution in [0.4, 0.5) is 15.8 Å². The van der Waals surface area contributed by atoms with E-state index in [0.717, 1.165) is 12.8 Å². The molecule has 7 nitrogen and oxygen atoms in total. The largest absolute Gasteiger partial charge is 0.491 e. The highest BCUT2D eigenvalue weighted by Gasteiger charge is 2.29. The van der Waals surface area contributed by atoms with Crippen LogP contribution in [0.25, 0.3) is 0 Å². The van der Waals surface area contributed by atoms with Crippen molar-refractivity contribution in [1.29, 1.82) is 0 Å². The van der Waals surface area contributed by atoms with Crippen molar-refractivity contribution in [2.45, 2.75) is 25.7 Å². The molecule has 2 aromatic carbocycles. The van der Waals surface area contributed by atoms with Crippen LogP contribution in [-0.2, 0) is 14.4 Å². The van der Waals surface area contributed by atoms with Crippen molar-refractivity contribution in [3.05, 3.63) is 54.3 Å². The molecule has 8 heteroatoms. The number of carbonyl (C=O) groups excluding carboxylic acids is 3. The molecular weight excluding hydrogens is 413 g/mol. The van der Waals surface area contributed by atoms with Crippen molar-refractivity contribution in [2.75, 3.05) is 36.5 Å². The van der Waals surface area contributed by atoms with Crippen LogP contribution >= 0.6 is 0 Å². The standard InChI is InChI=1S/C24H26FN3O4/c25-18-5-1-4-8-21(18)32-14-12-17-11-13-27(15-17)23(30)9-10-24(31)28-16-22(29)26-19-6-2-3-7-20(19)28/h1-8,17H,9-16H2,(H,26,29). The van der Waals surface area contributed by atoms with Gasteiger partial charge in [0.25, 0.3) is 0 Å². The van der Waals surface area contributed by atoms with Crippen LogP contribution in [0.5, 0.6) is 5.75 Å². The van der Waals surface area contributed by atoms with E-state index in [2.05, 4.69) is 5.32 Å². The lowest BCUT2D eigenvalue weighted by molar-refractivity contribution is -0.132. The summed E-state index contributed by atoms with van der Waals surface area (Å²) in [5, 5.41) is 2.75. The summed E-state index contributed by atoms with van der Waals surface area (Å²) in [7, 11) is 0. The third kappa shape index (κ3) is 5.07. The Morgan fingerprint density at radius 3 is 2.66 bits per heavy atom. The maximum Gasteiger partial charge on any atom is 0.244 e. The van der Waals surface area contributed by atoms with Crippen molar-refractivity contribution < 1.29 is 23.5 Å². The summed E-state index contributed by atoms with van der Waals surface area (Å²) < 4.78 is 19.1. The van der Waals surface area contributed by atoms with E-state index < -0.39 is 0 Å². The zero-order valence-corrected chi connectivity index (χ0v) is 17.8. The van der Waals surface area contributed by atoms with Gasteiger partial charge in [-0.15, -0.1) is 0 Å². The van der Waals surface area contributed by atoms with Gasteiger partial charge in [0.15, 0.2) is 11.6 Å². The summed E-state index contributed by atoms with van der Waals surface area (Å²) in [5.41, 5.74) is 1.25. The van der Waals surface area contributed by atoms with E-state index in [1.807, 2.05) is 6.07 Å². The molecule has 1 fully saturated rings. The van der Waals surface area contributed by atoms with Crippen molar-refractivity contribution in [3.8, 4) is 5.75 Å². The molecule has 168 valence electrons. The fourth-order valence-corrected chi connectivity index (χ4v) is 4.15. The summed E-state index contributed by atoms with van der Waals surface area (Å²) in [5.74, 6) is -0.401. The highest BCUT2D eigenvalue weighted by Crippen LogP contribution is 2.29. The molecule has 0 spiro atoms. The number of benzene rings is 2. The number of halogens is 1. The minimum atomic E-state index is -0.380. The van der Waals surface area contributed by atoms with Crippen LogP contribution in [-0.4, -0.2) is 48.9 Å². The average molecular weight is 439 g/mol. The number of nitrogens with zero attached hydrogens (tertiary/aromatic N) is 2. The maximum atomic E-state index is 13.6. The van der Waals surface area contributed by atoms with Gasteiger partial charge in [0, 0.05) is 25.9 Å². The van der Waals surface area contributed by atoms with Crippen molar-refractivity contribution >= 4 is 29.1 Å². The molecule has 1 N–H and O–H groups in total. The Morgan fingerprint density at radius 1 is 1.06 bits per heavy atom. The molecule has 2 aliphatic heterocycles. The second-order valence-corrected chi connectivity index (χ2v) is 8.11. The summed E-state index contributed by atoms with van der Waals surface area (Å²) in [6.45, 7) is 1.61. The second kappa shape index (κ2) is 9.80. The van der Waals surface area contributed by atoms with Gasteiger partial charge >= 0.3 is 0 Å². The fourth-order valence-electron chi connectivity index (χ4n) is 4.15. The third-order valence-corrected chi connectivity index (χ3v) is 5.88. The number of fused-ring (bicyclic) bond motifs is 1. The molecule has 0 saturated carbocycles. The molecule has 1 saturated heterocycles. The number of rotatable bonds is 7. The number of carbonyl (C=O) groups is 3. The molecule has 0 radical (unpaired) electrons. The Bertz CT molecular complexity index is 1010. The Balaban J connectivity index is 1.22. The number of hydrogen-bond acceptors (Lipinski definition) is 4. The van der Waals surface area contributed by atoms with Gasteiger partial charge < -0.3 is 19.9 Å². The molecule has 2 aliphatic rings. The topological polar surface area (TPSA) is 79.0 Å². The van der Waals surface area contributed by atoms with Crippen molar-refractivity contribution in [1.82, 2.24) is 4.90 Å². The number of nitrogens with one attached hydrogen (secondary N) is 1. The first-order chi connectivity index (χ1) is 15.5. The summed E-state index contributed by atoms with van der Waals surface area (Å²) >= 11 is 0. The predicted octanol–water partition coefficient (Wildman–Crippen LogP) is 3.21. The number of amides is 3. The zero-order chi connectivity index (χ0) is 22.5. The first-order valence-corrected chi connectivity index (χ1v) is 10.9. The van der Waals surface area contributed by atoms with Crippen LogP contribution in [0.2, 0.25) is 0 Å². The molecular formula is C24H26FN3O4. The van der Waals surface area contributed by atoms with E-state index >= 15 is 0 Å². The van der Waals surface area contributed by atoms with Gasteiger partial charge in [-0.2, -0.15) is 0 Å². The highest BCUT2D eigenvalue weighted by molar-refractivity contribution is 6.10. The smallest absolute Gasteiger partial charge is 0.244 e. The molecule has 1 unspecified atom stereocenters. The van der Waals surface area contributed by atoms with Gasteiger partial charge in [-0.05, 0) is 43.0 Å². The van der Waals surface area contributed by atoms with E-state index in [4.69, 9.17) is 4.74 Å². The maximum absolute atomic E-state index is 13.6. The summed E-state index contributed by atoms with van der Waals surface area (Å²) in [4.78, 5) is 40.5. The minimum absolute atomic E-state index is 0.0438. The van der Waals surface area contributed by atoms with Gasteiger partial charge in [0.05, 0.1) is 18.0 Å². The van der Waals surface area contributed by atoms with Crippen LogP contribution in [0.3, 0.4) is 0 Å². The molecule has 0 aromatic heterocycles. The molecule has 2 heterocycles. The monoisotopic (exact) mass is 439 g/mol. The van der Waals surface area contributed by atoms with E-state index in [9.17, 15) is 18.8 Å². The molecule has 2 aromatic rings. The average Bonchev–Trinajstić information content (AvgIpc) is 3.27. The van der Waals surface area contributed by atoms with Crippen LogP contribution in [0.1, 0.15) is 25.7 Å². The van der Waals surface area contributed by atoms with Gasteiger partial charge in [0.2, 0.25) is 17.7 Å². The quantitative estimate of drug-likeness (QED) is 0.719. The first-order valence-electron chi connectivity index (χ1n) is 10.9. The van der Waals surface area contributed by atoms with Crippen LogP contribution < -0.4 is 15.0 Å². The summed E-state index contributed by atoms with van der Waals surface area (Å²) in [6, 6.07) is 13.4. The van der Waals surface area contributed by atoms with Gasteiger partial charge in [0.1, 0.15) is 6.54 Å². The van der Waals surface area contributed by atoms with Crippen molar-refractivity contribution in [2.24, 2.45) is 5.92 Å². The second-order valence-electron chi connectivity index (χ2n) is 8.11. The number of anilines is 2. The minimum Gasteiger partial charge on any atom is -0.491 e. The molecule has 1 atom stereocenters. The van der Waals surface area contributed by atoms with E-state index in [1.165, 1.54) is 11.0 Å². The Morgan fingerprint density at radius 2 is 1.81 bits per heavy atom. The van der Waals surface area contributed by atoms with Gasteiger partial charge in [-0.1, -0.05) is 24.3 Å². The highest BCUT2D eigenvalue weighted by atomic mass is 19.1. The van der Waals surface area contributed by atoms with E-state index in [1.54, 1.807) is 41.3 Å². The lowest BCUT2D eigenvalue weighted by atomic mass is 10.1. The summed E-state index contributed by atoms with van der Waals surface area (Å²) in [6.07, 6.45) is 1.76. The SMILES string of the molecule is O=C1CN(C(=O)CCC(=O)N2CCC(CCOc3ccccc3F)C2)c2ccccc2N1. The van der Waals surface area contributed by atoms with E-state index in [-0.39, 0.29) is 48.7 Å². The molecule has 0 aliphatic carbocycles. The first kappa shape index (κ1) is 21.8. The number of hydrogen-bond donors (Lipinski definition) is 1.